The Hall–Kier alpha value is -4.43. The fraction of sp³-hybridized carbons (Fsp3) is 0.0938. The van der Waals surface area contributed by atoms with Crippen LogP contribution in [0.1, 0.15) is 21.5 Å². The molecule has 208 valence electrons. The van der Waals surface area contributed by atoms with Crippen LogP contribution in [-0.2, 0) is 20.9 Å². The molecule has 0 bridgehead atoms. The lowest BCUT2D eigenvalue weighted by molar-refractivity contribution is -0.143. The molecule has 4 aromatic rings. The van der Waals surface area contributed by atoms with E-state index in [0.717, 1.165) is 16.7 Å². The second-order valence-corrected chi connectivity index (χ2v) is 9.81. The van der Waals surface area contributed by atoms with Gasteiger partial charge in [0.15, 0.2) is 6.04 Å². The summed E-state index contributed by atoms with van der Waals surface area (Å²) in [5, 5.41) is 15.3. The average Bonchev–Trinajstić information content (AvgIpc) is 2.99. The normalized spacial score (nSPS) is 11.9. The minimum atomic E-state index is -1.37. The van der Waals surface area contributed by atoms with Gasteiger partial charge in [0.25, 0.3) is 11.8 Å². The van der Waals surface area contributed by atoms with E-state index >= 15 is 0 Å². The van der Waals surface area contributed by atoms with Gasteiger partial charge < -0.3 is 20.5 Å². The lowest BCUT2D eigenvalue weighted by Crippen LogP contribution is -2.46. The summed E-state index contributed by atoms with van der Waals surface area (Å²) in [6.07, 6.45) is 1.39. The van der Waals surface area contributed by atoms with Crippen molar-refractivity contribution in [3.8, 4) is 11.1 Å². The van der Waals surface area contributed by atoms with Gasteiger partial charge in [-0.2, -0.15) is 0 Å². The molecule has 1 atom stereocenters. The highest BCUT2D eigenvalue weighted by Gasteiger charge is 2.24. The molecule has 7 nitrogen and oxygen atoms in total. The van der Waals surface area contributed by atoms with Gasteiger partial charge in [0, 0.05) is 5.56 Å². The average molecular weight is 589 g/mol. The van der Waals surface area contributed by atoms with E-state index in [-0.39, 0.29) is 23.9 Å². The molecule has 41 heavy (non-hydrogen) atoms. The predicted molar refractivity (Wildman–Crippen MR) is 159 cm³/mol. The second kappa shape index (κ2) is 14.3. The van der Waals surface area contributed by atoms with Crippen LogP contribution < -0.4 is 10.6 Å². The van der Waals surface area contributed by atoms with Gasteiger partial charge in [0.2, 0.25) is 0 Å². The summed E-state index contributed by atoms with van der Waals surface area (Å²) in [6.45, 7) is -0.118. The Bertz CT molecular complexity index is 1540. The molecule has 0 aromatic heterocycles. The molecule has 2 amide bonds. The summed E-state index contributed by atoms with van der Waals surface area (Å²) in [4.78, 5) is 38.3. The largest absolute Gasteiger partial charge is 0.480 e. The highest BCUT2D eigenvalue weighted by atomic mass is 35.5. The zero-order valence-electron chi connectivity index (χ0n) is 21.7. The van der Waals surface area contributed by atoms with Crippen LogP contribution in [-0.4, -0.2) is 35.5 Å². The topological polar surface area (TPSA) is 105 Å². The van der Waals surface area contributed by atoms with Crippen LogP contribution in [0.5, 0.6) is 0 Å². The molecule has 0 aliphatic heterocycles. The predicted octanol–water partition coefficient (Wildman–Crippen LogP) is 6.22. The van der Waals surface area contributed by atoms with Crippen molar-refractivity contribution in [2.45, 2.75) is 12.6 Å². The van der Waals surface area contributed by atoms with Gasteiger partial charge in [-0.15, -0.1) is 0 Å². The van der Waals surface area contributed by atoms with E-state index < -0.39 is 23.8 Å². The number of halogens is 2. The quantitative estimate of drug-likeness (QED) is 0.180. The monoisotopic (exact) mass is 588 g/mol. The first-order chi connectivity index (χ1) is 19.8. The third-order valence-electron chi connectivity index (χ3n) is 6.00. The van der Waals surface area contributed by atoms with Crippen molar-refractivity contribution < 1.29 is 24.2 Å². The molecule has 4 aromatic carbocycles. The highest BCUT2D eigenvalue weighted by molar-refractivity contribution is 6.42. The molecular weight excluding hydrogens is 563 g/mol. The van der Waals surface area contributed by atoms with Crippen LogP contribution in [0.3, 0.4) is 0 Å². The molecule has 0 saturated heterocycles. The maximum atomic E-state index is 13.3. The molecule has 9 heteroatoms. The van der Waals surface area contributed by atoms with Crippen LogP contribution in [0.25, 0.3) is 17.2 Å². The minimum absolute atomic E-state index is 0.169. The van der Waals surface area contributed by atoms with E-state index in [1.165, 1.54) is 12.1 Å². The number of carbonyl (C=O) groups is 3. The standard InChI is InChI=1S/C32H26Cl2N2O5/c33-26-16-11-22(17-27(26)34)18-28(31(38)36-29(32(39)40)20-41-19-21-7-3-1-4-8-21)35-30(37)25-14-12-24(13-15-25)23-9-5-2-6-10-23/h1-18,29H,19-20H2,(H,35,37)(H,36,38)(H,39,40)/t29-/m0/s1. The number of carboxylic acid groups (broad SMARTS) is 1. The third-order valence-corrected chi connectivity index (χ3v) is 6.74. The maximum absolute atomic E-state index is 13.3. The summed E-state index contributed by atoms with van der Waals surface area (Å²) in [6, 6.07) is 29.1. The SMILES string of the molecule is O=C(N[C@@H](COCc1ccccc1)C(=O)O)C(=Cc1ccc(Cl)c(Cl)c1)NC(=O)c1ccc(-c2ccccc2)cc1. The molecule has 0 unspecified atom stereocenters. The van der Waals surface area contributed by atoms with E-state index in [0.29, 0.717) is 16.1 Å². The number of benzene rings is 4. The molecule has 0 heterocycles. The summed E-state index contributed by atoms with van der Waals surface area (Å²) in [5.41, 5.74) is 3.36. The first-order valence-corrected chi connectivity index (χ1v) is 13.3. The van der Waals surface area contributed by atoms with Crippen molar-refractivity contribution in [3.63, 3.8) is 0 Å². The van der Waals surface area contributed by atoms with Crippen LogP contribution in [0.4, 0.5) is 0 Å². The Morgan fingerprint density at radius 3 is 2.07 bits per heavy atom. The Morgan fingerprint density at radius 1 is 0.805 bits per heavy atom. The summed E-state index contributed by atoms with van der Waals surface area (Å²) in [5.74, 6) is -2.66. The third kappa shape index (κ3) is 8.53. The molecule has 0 radical (unpaired) electrons. The molecule has 0 fully saturated rings. The van der Waals surface area contributed by atoms with Gasteiger partial charge in [0.05, 0.1) is 23.3 Å². The maximum Gasteiger partial charge on any atom is 0.328 e. The van der Waals surface area contributed by atoms with E-state index in [4.69, 9.17) is 27.9 Å². The molecule has 3 N–H and O–H groups in total. The highest BCUT2D eigenvalue weighted by Crippen LogP contribution is 2.24. The minimum Gasteiger partial charge on any atom is -0.480 e. The molecule has 0 aliphatic carbocycles. The molecule has 0 saturated carbocycles. The summed E-state index contributed by atoms with van der Waals surface area (Å²) >= 11 is 12.2. The van der Waals surface area contributed by atoms with Crippen molar-refractivity contribution in [2.24, 2.45) is 0 Å². The van der Waals surface area contributed by atoms with Crippen LogP contribution >= 0.6 is 23.2 Å². The van der Waals surface area contributed by atoms with Crippen molar-refractivity contribution in [3.05, 3.63) is 136 Å². The Kier molecular flexibility index (Phi) is 10.3. The number of carboxylic acids is 1. The summed E-state index contributed by atoms with van der Waals surface area (Å²) < 4.78 is 5.53. The fourth-order valence-corrected chi connectivity index (χ4v) is 4.15. The number of ether oxygens (including phenoxy) is 1. The van der Waals surface area contributed by atoms with E-state index in [2.05, 4.69) is 10.6 Å². The summed E-state index contributed by atoms with van der Waals surface area (Å²) in [7, 11) is 0. The van der Waals surface area contributed by atoms with Crippen molar-refractivity contribution >= 4 is 47.1 Å². The number of rotatable bonds is 11. The lowest BCUT2D eigenvalue weighted by Gasteiger charge is -2.17. The first-order valence-electron chi connectivity index (χ1n) is 12.6. The molecule has 4 rings (SSSR count). The Balaban J connectivity index is 1.52. The Labute approximate surface area is 247 Å². The smallest absolute Gasteiger partial charge is 0.328 e. The number of nitrogens with one attached hydrogen (secondary N) is 2. The molecule has 0 spiro atoms. The van der Waals surface area contributed by atoms with Gasteiger partial charge in [-0.05, 0) is 52.6 Å². The molecule has 0 aliphatic rings. The van der Waals surface area contributed by atoms with Gasteiger partial charge in [-0.3, -0.25) is 9.59 Å². The van der Waals surface area contributed by atoms with Crippen molar-refractivity contribution in [2.75, 3.05) is 6.61 Å². The van der Waals surface area contributed by atoms with Gasteiger partial charge in [0.1, 0.15) is 5.70 Å². The van der Waals surface area contributed by atoms with Gasteiger partial charge >= 0.3 is 5.97 Å². The number of carbonyl (C=O) groups excluding carboxylic acids is 2. The number of amides is 2. The van der Waals surface area contributed by atoms with Gasteiger partial charge in [-0.1, -0.05) is 102 Å². The second-order valence-electron chi connectivity index (χ2n) is 8.99. The van der Waals surface area contributed by atoms with Crippen LogP contribution in [0, 0.1) is 0 Å². The van der Waals surface area contributed by atoms with E-state index in [1.807, 2.05) is 60.7 Å². The first kappa shape index (κ1) is 29.6. The van der Waals surface area contributed by atoms with Crippen molar-refractivity contribution in [1.82, 2.24) is 10.6 Å². The fourth-order valence-electron chi connectivity index (χ4n) is 3.85. The zero-order chi connectivity index (χ0) is 29.2. The van der Waals surface area contributed by atoms with Crippen LogP contribution in [0.2, 0.25) is 10.0 Å². The Morgan fingerprint density at radius 2 is 1.44 bits per heavy atom. The molecular formula is C32H26Cl2N2O5. The van der Waals surface area contributed by atoms with Crippen molar-refractivity contribution in [1.29, 1.82) is 0 Å². The zero-order valence-corrected chi connectivity index (χ0v) is 23.2. The van der Waals surface area contributed by atoms with E-state index in [9.17, 15) is 19.5 Å². The van der Waals surface area contributed by atoms with Gasteiger partial charge in [-0.25, -0.2) is 4.79 Å². The van der Waals surface area contributed by atoms with Crippen LogP contribution in [0.15, 0.2) is 109 Å². The number of hydrogen-bond donors (Lipinski definition) is 3. The number of aliphatic carboxylic acids is 1. The lowest BCUT2D eigenvalue weighted by atomic mass is 10.0. The van der Waals surface area contributed by atoms with E-state index in [1.54, 1.807) is 36.4 Å². The number of hydrogen-bond acceptors (Lipinski definition) is 4.